The SMILES string of the molecule is CC(C)(C)OC(=O)N[C@@H](Cc1ccccc1OCc1ccccc1)C(=O)CCl. The van der Waals surface area contributed by atoms with E-state index in [1.54, 1.807) is 20.8 Å². The number of hydrogen-bond acceptors (Lipinski definition) is 4. The zero-order valence-corrected chi connectivity index (χ0v) is 17.2. The topological polar surface area (TPSA) is 64.6 Å². The van der Waals surface area contributed by atoms with Crippen molar-refractivity contribution < 1.29 is 19.1 Å². The van der Waals surface area contributed by atoms with Gasteiger partial charge in [-0.15, -0.1) is 11.6 Å². The molecule has 0 saturated carbocycles. The van der Waals surface area contributed by atoms with Gasteiger partial charge in [-0.3, -0.25) is 4.79 Å². The summed E-state index contributed by atoms with van der Waals surface area (Å²) < 4.78 is 11.2. The Balaban J connectivity index is 2.11. The number of halogens is 1. The molecule has 0 bridgehead atoms. The van der Waals surface area contributed by atoms with Crippen molar-refractivity contribution in [1.82, 2.24) is 5.32 Å². The average molecular weight is 404 g/mol. The Morgan fingerprint density at radius 1 is 1.04 bits per heavy atom. The first-order valence-electron chi connectivity index (χ1n) is 9.11. The van der Waals surface area contributed by atoms with Gasteiger partial charge in [0.25, 0.3) is 0 Å². The highest BCUT2D eigenvalue weighted by molar-refractivity contribution is 6.28. The van der Waals surface area contributed by atoms with Crippen LogP contribution in [0.3, 0.4) is 0 Å². The summed E-state index contributed by atoms with van der Waals surface area (Å²) in [6.07, 6.45) is -0.394. The number of ether oxygens (including phenoxy) is 2. The van der Waals surface area contributed by atoms with Gasteiger partial charge < -0.3 is 14.8 Å². The Bertz CT molecular complexity index is 787. The Morgan fingerprint density at radius 2 is 1.68 bits per heavy atom. The van der Waals surface area contributed by atoms with Crippen molar-refractivity contribution in [2.24, 2.45) is 0 Å². The molecule has 2 rings (SSSR count). The molecule has 0 spiro atoms. The molecule has 0 aliphatic rings. The summed E-state index contributed by atoms with van der Waals surface area (Å²) in [5, 5.41) is 2.62. The van der Waals surface area contributed by atoms with E-state index < -0.39 is 17.7 Å². The number of benzene rings is 2. The number of carbonyl (C=O) groups excluding carboxylic acids is 2. The van der Waals surface area contributed by atoms with Crippen molar-refractivity contribution in [3.63, 3.8) is 0 Å². The molecule has 0 heterocycles. The fourth-order valence-electron chi connectivity index (χ4n) is 2.56. The molecular weight excluding hydrogens is 378 g/mol. The van der Waals surface area contributed by atoms with E-state index in [0.717, 1.165) is 11.1 Å². The predicted molar refractivity (Wildman–Crippen MR) is 110 cm³/mol. The molecule has 28 heavy (non-hydrogen) atoms. The normalized spacial score (nSPS) is 12.1. The Kier molecular flexibility index (Phi) is 7.88. The smallest absolute Gasteiger partial charge is 0.408 e. The van der Waals surface area contributed by atoms with Crippen LogP contribution in [0.15, 0.2) is 54.6 Å². The van der Waals surface area contributed by atoms with E-state index in [1.165, 1.54) is 0 Å². The summed E-state index contributed by atoms with van der Waals surface area (Å²) in [5.74, 6) is 0.170. The predicted octanol–water partition coefficient (Wildman–Crippen LogP) is 4.51. The number of ketones is 1. The summed E-state index contributed by atoms with van der Waals surface area (Å²) in [5.41, 5.74) is 1.19. The van der Waals surface area contributed by atoms with Gasteiger partial charge in [-0.2, -0.15) is 0 Å². The molecule has 150 valence electrons. The van der Waals surface area contributed by atoms with Crippen LogP contribution in [0.1, 0.15) is 31.9 Å². The summed E-state index contributed by atoms with van der Waals surface area (Å²) in [6, 6.07) is 16.4. The molecule has 0 saturated heterocycles. The van der Waals surface area contributed by atoms with Crippen molar-refractivity contribution in [3.8, 4) is 5.75 Å². The van der Waals surface area contributed by atoms with Crippen molar-refractivity contribution in [2.45, 2.75) is 45.4 Å². The third kappa shape index (κ3) is 7.24. The maximum absolute atomic E-state index is 12.3. The number of rotatable bonds is 8. The molecule has 6 heteroatoms. The Morgan fingerprint density at radius 3 is 2.32 bits per heavy atom. The second-order valence-electron chi connectivity index (χ2n) is 7.38. The van der Waals surface area contributed by atoms with Gasteiger partial charge in [0.15, 0.2) is 5.78 Å². The monoisotopic (exact) mass is 403 g/mol. The average Bonchev–Trinajstić information content (AvgIpc) is 2.65. The van der Waals surface area contributed by atoms with Crippen LogP contribution in [0.4, 0.5) is 4.79 Å². The van der Waals surface area contributed by atoms with Crippen LogP contribution in [0.5, 0.6) is 5.75 Å². The zero-order valence-electron chi connectivity index (χ0n) is 16.4. The van der Waals surface area contributed by atoms with E-state index in [4.69, 9.17) is 21.1 Å². The zero-order chi connectivity index (χ0) is 20.6. The fraction of sp³-hybridized carbons (Fsp3) is 0.364. The molecule has 2 aromatic carbocycles. The van der Waals surface area contributed by atoms with Crippen LogP contribution in [0.2, 0.25) is 0 Å². The number of para-hydroxylation sites is 1. The van der Waals surface area contributed by atoms with E-state index in [2.05, 4.69) is 5.32 Å². The summed E-state index contributed by atoms with van der Waals surface area (Å²) in [7, 11) is 0. The molecule has 0 unspecified atom stereocenters. The first kappa shape index (κ1) is 21.8. The molecule has 0 radical (unpaired) electrons. The largest absolute Gasteiger partial charge is 0.489 e. The number of alkyl carbamates (subject to hydrolysis) is 1. The van der Waals surface area contributed by atoms with Gasteiger partial charge in [0.1, 0.15) is 18.0 Å². The lowest BCUT2D eigenvalue weighted by molar-refractivity contribution is -0.118. The van der Waals surface area contributed by atoms with Gasteiger partial charge in [-0.05, 0) is 38.0 Å². The van der Waals surface area contributed by atoms with Gasteiger partial charge in [-0.1, -0.05) is 48.5 Å². The second kappa shape index (κ2) is 10.1. The summed E-state index contributed by atoms with van der Waals surface area (Å²) in [4.78, 5) is 24.4. The lowest BCUT2D eigenvalue weighted by Crippen LogP contribution is -2.45. The van der Waals surface area contributed by atoms with Crippen LogP contribution in [0, 0.1) is 0 Å². The van der Waals surface area contributed by atoms with Gasteiger partial charge in [0.05, 0.1) is 11.9 Å². The first-order chi connectivity index (χ1) is 13.3. The van der Waals surface area contributed by atoms with Crippen molar-refractivity contribution in [3.05, 3.63) is 65.7 Å². The molecule has 5 nitrogen and oxygen atoms in total. The van der Waals surface area contributed by atoms with Crippen LogP contribution in [-0.2, 0) is 22.6 Å². The molecule has 1 N–H and O–H groups in total. The third-order valence-electron chi connectivity index (χ3n) is 3.85. The lowest BCUT2D eigenvalue weighted by atomic mass is 10.0. The van der Waals surface area contributed by atoms with Crippen molar-refractivity contribution in [1.29, 1.82) is 0 Å². The molecule has 2 aromatic rings. The number of Topliss-reactive ketones (excluding diaryl/α,β-unsaturated/α-hetero) is 1. The maximum atomic E-state index is 12.3. The standard InChI is InChI=1S/C22H26ClNO4/c1-22(2,3)28-21(26)24-18(19(25)14-23)13-17-11-7-8-12-20(17)27-15-16-9-5-4-6-10-16/h4-12,18H,13-15H2,1-3H3,(H,24,26)/t18-/m0/s1. The molecule has 0 fully saturated rings. The maximum Gasteiger partial charge on any atom is 0.408 e. The molecule has 1 atom stereocenters. The van der Waals surface area contributed by atoms with E-state index in [-0.39, 0.29) is 18.1 Å². The number of hydrogen-bond donors (Lipinski definition) is 1. The van der Waals surface area contributed by atoms with Gasteiger partial charge in [-0.25, -0.2) is 4.79 Å². The van der Waals surface area contributed by atoms with Gasteiger partial charge >= 0.3 is 6.09 Å². The first-order valence-corrected chi connectivity index (χ1v) is 9.65. The molecule has 0 aromatic heterocycles. The highest BCUT2D eigenvalue weighted by Gasteiger charge is 2.25. The highest BCUT2D eigenvalue weighted by atomic mass is 35.5. The summed E-state index contributed by atoms with van der Waals surface area (Å²) >= 11 is 5.74. The van der Waals surface area contributed by atoms with Gasteiger partial charge in [0, 0.05) is 6.42 Å². The van der Waals surface area contributed by atoms with E-state index in [1.807, 2.05) is 54.6 Å². The van der Waals surface area contributed by atoms with Gasteiger partial charge in [0.2, 0.25) is 0 Å². The van der Waals surface area contributed by atoms with E-state index in [0.29, 0.717) is 12.4 Å². The van der Waals surface area contributed by atoms with Crippen LogP contribution >= 0.6 is 11.6 Å². The number of amides is 1. The third-order valence-corrected chi connectivity index (χ3v) is 4.11. The van der Waals surface area contributed by atoms with E-state index in [9.17, 15) is 9.59 Å². The Labute approximate surface area is 171 Å². The summed E-state index contributed by atoms with van der Waals surface area (Å²) in [6.45, 7) is 5.69. The number of nitrogens with one attached hydrogen (secondary N) is 1. The lowest BCUT2D eigenvalue weighted by Gasteiger charge is -2.23. The minimum Gasteiger partial charge on any atom is -0.489 e. The van der Waals surface area contributed by atoms with Crippen molar-refractivity contribution in [2.75, 3.05) is 5.88 Å². The van der Waals surface area contributed by atoms with Crippen LogP contribution in [-0.4, -0.2) is 29.4 Å². The molecule has 0 aliphatic heterocycles. The molecule has 1 amide bonds. The molecular formula is C22H26ClNO4. The Hall–Kier alpha value is -2.53. The second-order valence-corrected chi connectivity index (χ2v) is 7.65. The minimum atomic E-state index is -0.797. The van der Waals surface area contributed by atoms with Crippen LogP contribution in [0.25, 0.3) is 0 Å². The minimum absolute atomic E-state index is 0.201. The molecule has 0 aliphatic carbocycles. The number of alkyl halides is 1. The highest BCUT2D eigenvalue weighted by Crippen LogP contribution is 2.21. The fourth-order valence-corrected chi connectivity index (χ4v) is 2.74. The quantitative estimate of drug-likeness (QED) is 0.658. The van der Waals surface area contributed by atoms with Crippen molar-refractivity contribution >= 4 is 23.5 Å². The number of carbonyl (C=O) groups is 2. The van der Waals surface area contributed by atoms with E-state index >= 15 is 0 Å². The van der Waals surface area contributed by atoms with Crippen LogP contribution < -0.4 is 10.1 Å².